The van der Waals surface area contributed by atoms with E-state index < -0.39 is 17.6 Å². The molecule has 0 bridgehead atoms. The van der Waals surface area contributed by atoms with Crippen LogP contribution >= 0.6 is 0 Å². The molecule has 1 heterocycles. The van der Waals surface area contributed by atoms with Gasteiger partial charge in [-0.05, 0) is 31.0 Å². The summed E-state index contributed by atoms with van der Waals surface area (Å²) in [7, 11) is 0. The Morgan fingerprint density at radius 3 is 2.69 bits per heavy atom. The number of rotatable bonds is 6. The van der Waals surface area contributed by atoms with Gasteiger partial charge in [-0.15, -0.1) is 0 Å². The van der Waals surface area contributed by atoms with Crippen molar-refractivity contribution in [2.24, 2.45) is 16.6 Å². The van der Waals surface area contributed by atoms with Crippen LogP contribution in [0.3, 0.4) is 0 Å². The normalized spacial score (nSPS) is 11.6. The molecule has 0 atom stereocenters. The number of nitrogens with zero attached hydrogens (tertiary/aromatic N) is 1. The number of nitrogens with two attached hydrogens (primary N) is 1. The van der Waals surface area contributed by atoms with Crippen LogP contribution in [0.2, 0.25) is 0 Å². The first-order valence-electron chi connectivity index (χ1n) is 7.92. The molecule has 0 radical (unpaired) electrons. The van der Waals surface area contributed by atoms with Crippen molar-refractivity contribution in [1.82, 2.24) is 5.32 Å². The largest absolute Gasteiger partial charge is 0.493 e. The first-order chi connectivity index (χ1) is 12.2. The molecule has 0 saturated heterocycles. The minimum absolute atomic E-state index is 0.240. The average molecular weight is 359 g/mol. The van der Waals surface area contributed by atoms with Crippen LogP contribution < -0.4 is 15.8 Å². The number of ether oxygens (including phenoxy) is 1. The third-order valence-electron chi connectivity index (χ3n) is 3.30. The first kappa shape index (κ1) is 19.0. The van der Waals surface area contributed by atoms with Crippen molar-refractivity contribution in [3.8, 4) is 5.75 Å². The van der Waals surface area contributed by atoms with E-state index >= 15 is 0 Å². The second-order valence-corrected chi connectivity index (χ2v) is 6.15. The van der Waals surface area contributed by atoms with Gasteiger partial charge in [0.25, 0.3) is 5.91 Å². The van der Waals surface area contributed by atoms with E-state index in [2.05, 4.69) is 16.9 Å². The predicted octanol–water partition coefficient (Wildman–Crippen LogP) is 2.42. The molecule has 2 rings (SSSR count). The number of aryl methyl sites for hydroxylation is 1. The smallest absolute Gasteiger partial charge is 0.354 e. The highest BCUT2D eigenvalue weighted by molar-refractivity contribution is 6.08. The van der Waals surface area contributed by atoms with Gasteiger partial charge in [0.1, 0.15) is 22.8 Å². The molecule has 4 N–H and O–H groups in total. The molecule has 0 fully saturated rings. The first-order valence-corrected chi connectivity index (χ1v) is 7.92. The number of hydrogen-bond acceptors (Lipinski definition) is 5. The van der Waals surface area contributed by atoms with E-state index in [1.165, 1.54) is 0 Å². The summed E-state index contributed by atoms with van der Waals surface area (Å²) in [5.74, 6) is -0.772. The third-order valence-corrected chi connectivity index (χ3v) is 3.30. The van der Waals surface area contributed by atoms with E-state index in [4.69, 9.17) is 20.0 Å². The molecular weight excluding hydrogens is 338 g/mol. The summed E-state index contributed by atoms with van der Waals surface area (Å²) in [6.07, 6.45) is 0. The van der Waals surface area contributed by atoms with Crippen LogP contribution in [0.5, 0.6) is 5.75 Å². The number of aliphatic carboxylic acids is 1. The fourth-order valence-electron chi connectivity index (χ4n) is 2.15. The number of nitrogens with one attached hydrogen (secondary N) is 1. The van der Waals surface area contributed by atoms with Crippen molar-refractivity contribution in [3.05, 3.63) is 41.8 Å². The number of carbonyl (C=O) groups excluding carboxylic acids is 1. The highest BCUT2D eigenvalue weighted by atomic mass is 16.5. The number of carboxylic acids is 1. The lowest BCUT2D eigenvalue weighted by molar-refractivity contribution is -0.132. The topological polar surface area (TPSA) is 127 Å². The van der Waals surface area contributed by atoms with Gasteiger partial charge in [0, 0.05) is 5.56 Å². The number of hydrogen-bond donors (Lipinski definition) is 3. The number of carbonyl (C=O) groups is 2. The molecule has 0 spiro atoms. The summed E-state index contributed by atoms with van der Waals surface area (Å²) in [5.41, 5.74) is 5.80. The lowest BCUT2D eigenvalue weighted by Gasteiger charge is -2.11. The summed E-state index contributed by atoms with van der Waals surface area (Å²) in [6, 6.07) is 4.97. The molecule has 8 nitrogen and oxygen atoms in total. The van der Waals surface area contributed by atoms with Crippen LogP contribution in [0.1, 0.15) is 30.0 Å². The van der Waals surface area contributed by atoms with Crippen LogP contribution in [0, 0.1) is 12.8 Å². The van der Waals surface area contributed by atoms with Gasteiger partial charge in [-0.3, -0.25) is 10.1 Å². The lowest BCUT2D eigenvalue weighted by atomic mass is 10.1. The van der Waals surface area contributed by atoms with E-state index in [0.717, 1.165) is 5.39 Å². The van der Waals surface area contributed by atoms with Crippen LogP contribution in [0.15, 0.2) is 39.9 Å². The molecule has 0 aliphatic rings. The van der Waals surface area contributed by atoms with E-state index in [0.29, 0.717) is 29.6 Å². The molecule has 1 aromatic heterocycles. The van der Waals surface area contributed by atoms with Gasteiger partial charge < -0.3 is 20.0 Å². The maximum atomic E-state index is 12.4. The molecule has 8 heteroatoms. The number of fused-ring (bicyclic) bond motifs is 1. The van der Waals surface area contributed by atoms with E-state index in [1.807, 2.05) is 19.9 Å². The zero-order chi connectivity index (χ0) is 19.4. The second kappa shape index (κ2) is 7.73. The Morgan fingerprint density at radius 2 is 2.08 bits per heavy atom. The highest BCUT2D eigenvalue weighted by Gasteiger charge is 2.16. The van der Waals surface area contributed by atoms with E-state index in [1.54, 1.807) is 19.1 Å². The van der Waals surface area contributed by atoms with Crippen molar-refractivity contribution < 1.29 is 23.8 Å². The molecule has 138 valence electrons. The molecule has 1 aromatic carbocycles. The molecule has 0 aliphatic carbocycles. The van der Waals surface area contributed by atoms with Gasteiger partial charge in [-0.2, -0.15) is 0 Å². The Morgan fingerprint density at radius 1 is 1.38 bits per heavy atom. The van der Waals surface area contributed by atoms with Crippen molar-refractivity contribution in [1.29, 1.82) is 0 Å². The van der Waals surface area contributed by atoms with Gasteiger partial charge in [-0.1, -0.05) is 20.4 Å². The molecule has 1 amide bonds. The van der Waals surface area contributed by atoms with Crippen molar-refractivity contribution >= 4 is 28.8 Å². The minimum atomic E-state index is -1.33. The SMILES string of the molecule is C=C(N=C(N)NC(=O)c1cc(OCC(C)C)c2cc(C)oc2c1)C(=O)O. The zero-order valence-corrected chi connectivity index (χ0v) is 14.8. The Balaban J connectivity index is 2.32. The zero-order valence-electron chi connectivity index (χ0n) is 14.8. The Hall–Kier alpha value is -3.29. The van der Waals surface area contributed by atoms with Crippen LogP contribution in [0.25, 0.3) is 11.0 Å². The highest BCUT2D eigenvalue weighted by Crippen LogP contribution is 2.31. The van der Waals surface area contributed by atoms with Gasteiger partial charge in [-0.25, -0.2) is 9.79 Å². The van der Waals surface area contributed by atoms with E-state index in [-0.39, 0.29) is 11.5 Å². The maximum Gasteiger partial charge on any atom is 0.354 e. The van der Waals surface area contributed by atoms with Crippen LogP contribution in [-0.4, -0.2) is 29.5 Å². The molecular formula is C18H21N3O5. The van der Waals surface area contributed by atoms with Crippen molar-refractivity contribution in [3.63, 3.8) is 0 Å². The number of amides is 1. The summed E-state index contributed by atoms with van der Waals surface area (Å²) < 4.78 is 11.4. The van der Waals surface area contributed by atoms with Gasteiger partial charge in [0.2, 0.25) is 5.96 Å². The summed E-state index contributed by atoms with van der Waals surface area (Å²) in [4.78, 5) is 26.6. The minimum Gasteiger partial charge on any atom is -0.493 e. The fraction of sp³-hybridized carbons (Fsp3) is 0.278. The van der Waals surface area contributed by atoms with Gasteiger partial charge >= 0.3 is 5.97 Å². The maximum absolute atomic E-state index is 12.4. The summed E-state index contributed by atoms with van der Waals surface area (Å²) in [5, 5.41) is 11.8. The quantitative estimate of drug-likeness (QED) is 0.413. The number of aliphatic imine (C=N–C) groups is 1. The second-order valence-electron chi connectivity index (χ2n) is 6.15. The fourth-order valence-corrected chi connectivity index (χ4v) is 2.15. The lowest BCUT2D eigenvalue weighted by Crippen LogP contribution is -2.37. The molecule has 2 aromatic rings. The number of guanidine groups is 1. The number of furan rings is 1. The predicted molar refractivity (Wildman–Crippen MR) is 97.1 cm³/mol. The van der Waals surface area contributed by atoms with Crippen molar-refractivity contribution in [2.45, 2.75) is 20.8 Å². The Bertz CT molecular complexity index is 896. The Kier molecular flexibility index (Phi) is 5.66. The van der Waals surface area contributed by atoms with Crippen LogP contribution in [0.4, 0.5) is 0 Å². The summed E-state index contributed by atoms with van der Waals surface area (Å²) >= 11 is 0. The standard InChI is InChI=1S/C18H21N3O5/c1-9(2)8-25-14-6-12(7-15-13(14)5-10(3)26-15)16(22)21-18(19)20-11(4)17(23)24/h5-7,9H,4,8H2,1-3H3,(H,23,24)(H3,19,20,21,22). The molecule has 26 heavy (non-hydrogen) atoms. The van der Waals surface area contributed by atoms with Gasteiger partial charge in [0.15, 0.2) is 0 Å². The number of benzene rings is 1. The molecule has 0 saturated carbocycles. The number of carboxylic acid groups (broad SMARTS) is 1. The molecule has 0 unspecified atom stereocenters. The van der Waals surface area contributed by atoms with Crippen LogP contribution in [-0.2, 0) is 4.79 Å². The third kappa shape index (κ3) is 4.62. The summed E-state index contributed by atoms with van der Waals surface area (Å²) in [6.45, 7) is 9.53. The monoisotopic (exact) mass is 359 g/mol. The molecule has 0 aliphatic heterocycles. The average Bonchev–Trinajstić information content (AvgIpc) is 2.92. The Labute approximate surface area is 150 Å². The van der Waals surface area contributed by atoms with E-state index in [9.17, 15) is 9.59 Å². The van der Waals surface area contributed by atoms with Crippen molar-refractivity contribution in [2.75, 3.05) is 6.61 Å². The van der Waals surface area contributed by atoms with Gasteiger partial charge in [0.05, 0.1) is 12.0 Å².